The van der Waals surface area contributed by atoms with Gasteiger partial charge in [0.25, 0.3) is 0 Å². The molecule has 0 saturated carbocycles. The molecule has 0 aliphatic rings. The van der Waals surface area contributed by atoms with Crippen molar-refractivity contribution >= 4 is 11.7 Å². The van der Waals surface area contributed by atoms with E-state index in [0.717, 1.165) is 0 Å². The van der Waals surface area contributed by atoms with Crippen molar-refractivity contribution < 1.29 is 9.18 Å². The zero-order valence-electron chi connectivity index (χ0n) is 8.88. The molecule has 1 amide bonds. The monoisotopic (exact) mass is 235 g/mol. The molecule has 88 valence electrons. The van der Waals surface area contributed by atoms with Crippen molar-refractivity contribution in [3.8, 4) is 0 Å². The average molecular weight is 235 g/mol. The Hall–Kier alpha value is -2.31. The third-order valence-electron chi connectivity index (χ3n) is 2.02. The topological polar surface area (TPSA) is 72.7 Å². The van der Waals surface area contributed by atoms with E-state index in [1.54, 1.807) is 10.9 Å². The molecule has 0 bridgehead atoms. The van der Waals surface area contributed by atoms with Crippen LogP contribution in [0.4, 0.5) is 10.2 Å². The van der Waals surface area contributed by atoms with Gasteiger partial charge < -0.3 is 5.32 Å². The number of carbonyl (C=O) groups excluding carboxylic acids is 1. The lowest BCUT2D eigenvalue weighted by Gasteiger charge is -2.03. The molecule has 0 aromatic carbocycles. The summed E-state index contributed by atoms with van der Waals surface area (Å²) in [5.41, 5.74) is 0. The highest BCUT2D eigenvalue weighted by Crippen LogP contribution is 2.04. The number of nitrogens with zero attached hydrogens (tertiary/aromatic N) is 4. The van der Waals surface area contributed by atoms with Gasteiger partial charge in [0.05, 0.1) is 12.7 Å². The Morgan fingerprint density at radius 3 is 3.06 bits per heavy atom. The van der Waals surface area contributed by atoms with Crippen LogP contribution < -0.4 is 5.32 Å². The standard InChI is InChI=1S/C10H10FN5O/c11-8-2-1-3-9(13-8)14-10(17)4-6-16-7-5-12-15-16/h1-3,5,7H,4,6H2,(H,13,14,17). The van der Waals surface area contributed by atoms with Gasteiger partial charge in [0.1, 0.15) is 5.82 Å². The van der Waals surface area contributed by atoms with Crippen molar-refractivity contribution in [2.24, 2.45) is 0 Å². The molecule has 0 aliphatic heterocycles. The second-order valence-corrected chi connectivity index (χ2v) is 3.31. The minimum Gasteiger partial charge on any atom is -0.311 e. The second-order valence-electron chi connectivity index (χ2n) is 3.31. The fraction of sp³-hybridized carbons (Fsp3) is 0.200. The van der Waals surface area contributed by atoms with Crippen LogP contribution in [0.25, 0.3) is 0 Å². The molecule has 2 aromatic heterocycles. The van der Waals surface area contributed by atoms with Gasteiger partial charge in [-0.25, -0.2) is 4.98 Å². The molecule has 0 saturated heterocycles. The summed E-state index contributed by atoms with van der Waals surface area (Å²) < 4.78 is 14.3. The first-order chi connectivity index (χ1) is 8.24. The molecule has 17 heavy (non-hydrogen) atoms. The van der Waals surface area contributed by atoms with Gasteiger partial charge in [0.2, 0.25) is 11.9 Å². The van der Waals surface area contributed by atoms with Crippen LogP contribution in [0.3, 0.4) is 0 Å². The number of nitrogens with one attached hydrogen (secondary N) is 1. The van der Waals surface area contributed by atoms with Crippen LogP contribution in [0.5, 0.6) is 0 Å². The third-order valence-corrected chi connectivity index (χ3v) is 2.02. The van der Waals surface area contributed by atoms with Crippen molar-refractivity contribution in [1.82, 2.24) is 20.0 Å². The Balaban J connectivity index is 1.85. The molecule has 2 heterocycles. The van der Waals surface area contributed by atoms with Crippen LogP contribution in [0.2, 0.25) is 0 Å². The number of rotatable bonds is 4. The van der Waals surface area contributed by atoms with Gasteiger partial charge in [0.15, 0.2) is 0 Å². The van der Waals surface area contributed by atoms with Crippen LogP contribution in [-0.4, -0.2) is 25.9 Å². The number of anilines is 1. The van der Waals surface area contributed by atoms with Crippen molar-refractivity contribution in [2.45, 2.75) is 13.0 Å². The van der Waals surface area contributed by atoms with Gasteiger partial charge in [-0.2, -0.15) is 4.39 Å². The maximum absolute atomic E-state index is 12.7. The largest absolute Gasteiger partial charge is 0.311 e. The molecule has 0 unspecified atom stereocenters. The second kappa shape index (κ2) is 5.15. The van der Waals surface area contributed by atoms with E-state index in [9.17, 15) is 9.18 Å². The Labute approximate surface area is 96.5 Å². The van der Waals surface area contributed by atoms with E-state index < -0.39 is 5.95 Å². The van der Waals surface area contributed by atoms with E-state index in [0.29, 0.717) is 6.54 Å². The summed E-state index contributed by atoms with van der Waals surface area (Å²) in [5, 5.41) is 9.83. The Morgan fingerprint density at radius 1 is 1.47 bits per heavy atom. The SMILES string of the molecule is O=C(CCn1ccnn1)Nc1cccc(F)n1. The van der Waals surface area contributed by atoms with Gasteiger partial charge in [0, 0.05) is 12.6 Å². The summed E-state index contributed by atoms with van der Waals surface area (Å²) in [6, 6.07) is 4.22. The number of amides is 1. The van der Waals surface area contributed by atoms with Gasteiger partial charge >= 0.3 is 0 Å². The molecule has 2 rings (SSSR count). The number of aromatic nitrogens is 4. The molecule has 7 heteroatoms. The minimum atomic E-state index is -0.626. The summed E-state index contributed by atoms with van der Waals surface area (Å²) in [5.74, 6) is -0.675. The number of carbonyl (C=O) groups is 1. The van der Waals surface area contributed by atoms with Crippen molar-refractivity contribution in [2.75, 3.05) is 5.32 Å². The normalized spacial score (nSPS) is 10.2. The molecule has 0 spiro atoms. The highest BCUT2D eigenvalue weighted by molar-refractivity contribution is 5.89. The molecular formula is C10H10FN5O. The lowest BCUT2D eigenvalue weighted by molar-refractivity contribution is -0.116. The van der Waals surface area contributed by atoms with Gasteiger partial charge in [-0.1, -0.05) is 11.3 Å². The van der Waals surface area contributed by atoms with Crippen LogP contribution in [0.1, 0.15) is 6.42 Å². The number of hydrogen-bond donors (Lipinski definition) is 1. The van der Waals surface area contributed by atoms with Crippen molar-refractivity contribution in [3.63, 3.8) is 0 Å². The number of hydrogen-bond acceptors (Lipinski definition) is 4. The van der Waals surface area contributed by atoms with Gasteiger partial charge in [-0.15, -0.1) is 5.10 Å². The van der Waals surface area contributed by atoms with E-state index >= 15 is 0 Å². The van der Waals surface area contributed by atoms with Crippen LogP contribution in [-0.2, 0) is 11.3 Å². The predicted molar refractivity (Wildman–Crippen MR) is 57.5 cm³/mol. The number of pyridine rings is 1. The number of aryl methyl sites for hydroxylation is 1. The van der Waals surface area contributed by atoms with Gasteiger partial charge in [-0.3, -0.25) is 9.48 Å². The fourth-order valence-corrected chi connectivity index (χ4v) is 1.25. The molecule has 0 radical (unpaired) electrons. The highest BCUT2D eigenvalue weighted by atomic mass is 19.1. The maximum Gasteiger partial charge on any atom is 0.227 e. The molecule has 6 nitrogen and oxygen atoms in total. The zero-order chi connectivity index (χ0) is 12.1. The summed E-state index contributed by atoms with van der Waals surface area (Å²) in [7, 11) is 0. The molecular weight excluding hydrogens is 225 g/mol. The van der Waals surface area contributed by atoms with E-state index in [1.807, 2.05) is 0 Å². The predicted octanol–water partition coefficient (Wildman–Crippen LogP) is 0.841. The van der Waals surface area contributed by atoms with Crippen molar-refractivity contribution in [1.29, 1.82) is 0 Å². The quantitative estimate of drug-likeness (QED) is 0.797. The van der Waals surface area contributed by atoms with Crippen LogP contribution >= 0.6 is 0 Å². The summed E-state index contributed by atoms with van der Waals surface area (Å²) >= 11 is 0. The highest BCUT2D eigenvalue weighted by Gasteiger charge is 2.04. The summed E-state index contributed by atoms with van der Waals surface area (Å²) in [6.45, 7) is 0.418. The maximum atomic E-state index is 12.7. The van der Waals surface area contributed by atoms with Crippen LogP contribution in [0, 0.1) is 5.95 Å². The first-order valence-corrected chi connectivity index (χ1v) is 5.00. The summed E-state index contributed by atoms with van der Waals surface area (Å²) in [4.78, 5) is 15.0. The lowest BCUT2D eigenvalue weighted by atomic mass is 10.4. The van der Waals surface area contributed by atoms with Crippen molar-refractivity contribution in [3.05, 3.63) is 36.5 Å². The number of halogens is 1. The molecule has 0 fully saturated rings. The zero-order valence-corrected chi connectivity index (χ0v) is 8.88. The fourth-order valence-electron chi connectivity index (χ4n) is 1.25. The average Bonchev–Trinajstić information content (AvgIpc) is 2.79. The van der Waals surface area contributed by atoms with E-state index in [-0.39, 0.29) is 18.1 Å². The van der Waals surface area contributed by atoms with E-state index in [4.69, 9.17) is 0 Å². The molecule has 0 aliphatic carbocycles. The first-order valence-electron chi connectivity index (χ1n) is 5.00. The Morgan fingerprint density at radius 2 is 2.35 bits per heavy atom. The van der Waals surface area contributed by atoms with E-state index in [2.05, 4.69) is 20.6 Å². The Bertz CT molecular complexity index is 499. The van der Waals surface area contributed by atoms with E-state index in [1.165, 1.54) is 24.4 Å². The molecule has 1 N–H and O–H groups in total. The van der Waals surface area contributed by atoms with Gasteiger partial charge in [-0.05, 0) is 12.1 Å². The summed E-state index contributed by atoms with van der Waals surface area (Å²) in [6.07, 6.45) is 3.42. The minimum absolute atomic E-state index is 0.202. The lowest BCUT2D eigenvalue weighted by Crippen LogP contribution is -2.15. The smallest absolute Gasteiger partial charge is 0.227 e. The first kappa shape index (κ1) is 11.2. The van der Waals surface area contributed by atoms with Crippen LogP contribution in [0.15, 0.2) is 30.6 Å². The Kier molecular flexibility index (Phi) is 3.39. The molecule has 0 atom stereocenters. The third kappa shape index (κ3) is 3.33. The molecule has 2 aromatic rings.